The van der Waals surface area contributed by atoms with E-state index in [1.165, 1.54) is 23.3 Å². The summed E-state index contributed by atoms with van der Waals surface area (Å²) in [6, 6.07) is 4.63. The van der Waals surface area contributed by atoms with Gasteiger partial charge in [-0.05, 0) is 47.0 Å². The van der Waals surface area contributed by atoms with Gasteiger partial charge in [0.15, 0.2) is 0 Å². The molecule has 2 aromatic heterocycles. The predicted octanol–water partition coefficient (Wildman–Crippen LogP) is 4.33. The molecule has 0 saturated heterocycles. The number of hydrogen-bond acceptors (Lipinski definition) is 2. The Labute approximate surface area is 119 Å². The molecule has 0 unspecified atom stereocenters. The van der Waals surface area contributed by atoms with E-state index in [4.69, 9.17) is 11.6 Å². The molecule has 19 heavy (non-hydrogen) atoms. The van der Waals surface area contributed by atoms with Crippen LogP contribution in [0.25, 0.3) is 11.0 Å². The third kappa shape index (κ3) is 2.26. The Bertz CT molecular complexity index is 732. The molecule has 0 aliphatic rings. The molecule has 0 spiro atoms. The largest absolute Gasteiger partial charge is 0.322 e. The highest BCUT2D eigenvalue weighted by Gasteiger charge is 2.12. The maximum atomic E-state index is 13.4. The second-order valence-electron chi connectivity index (χ2n) is 4.46. The zero-order valence-electron chi connectivity index (χ0n) is 10.4. The Kier molecular flexibility index (Phi) is 3.29. The Morgan fingerprint density at radius 1 is 1.37 bits per heavy atom. The van der Waals surface area contributed by atoms with Crippen molar-refractivity contribution in [3.05, 3.63) is 51.7 Å². The van der Waals surface area contributed by atoms with Crippen LogP contribution in [0.3, 0.4) is 0 Å². The van der Waals surface area contributed by atoms with E-state index in [1.807, 2.05) is 4.57 Å². The van der Waals surface area contributed by atoms with Crippen LogP contribution in [-0.2, 0) is 12.4 Å². The normalized spacial score (nSPS) is 11.3. The molecule has 1 aromatic carbocycles. The molecular weight excluding hydrogens is 283 g/mol. The van der Waals surface area contributed by atoms with Crippen molar-refractivity contribution in [2.24, 2.45) is 0 Å². The fourth-order valence-corrected chi connectivity index (χ4v) is 3.20. The maximum absolute atomic E-state index is 13.4. The topological polar surface area (TPSA) is 17.8 Å². The van der Waals surface area contributed by atoms with Gasteiger partial charge in [-0.1, -0.05) is 0 Å². The summed E-state index contributed by atoms with van der Waals surface area (Å²) in [5, 5.41) is 4.22. The van der Waals surface area contributed by atoms with Crippen LogP contribution >= 0.6 is 22.9 Å². The van der Waals surface area contributed by atoms with Gasteiger partial charge in [-0.25, -0.2) is 9.37 Å². The number of fused-ring (bicyclic) bond motifs is 1. The summed E-state index contributed by atoms with van der Waals surface area (Å²) in [6.07, 6.45) is 0. The molecule has 3 rings (SSSR count). The van der Waals surface area contributed by atoms with Crippen LogP contribution in [0, 0.1) is 12.7 Å². The third-order valence-corrected chi connectivity index (χ3v) is 4.35. The third-order valence-electron chi connectivity index (χ3n) is 3.20. The van der Waals surface area contributed by atoms with Gasteiger partial charge >= 0.3 is 0 Å². The van der Waals surface area contributed by atoms with Gasteiger partial charge in [0.1, 0.15) is 11.6 Å². The van der Waals surface area contributed by atoms with Gasteiger partial charge in [0.05, 0.1) is 23.5 Å². The van der Waals surface area contributed by atoms with Gasteiger partial charge in [-0.15, -0.1) is 11.6 Å². The standard InChI is InChI=1S/C14H12ClFN2S/c1-9-7-19-8-10(9)6-18-13-4-11(16)2-3-12(13)17-14(18)5-15/h2-4,7-8H,5-6H2,1H3. The number of halogens is 2. The number of rotatable bonds is 3. The molecule has 0 atom stereocenters. The molecule has 5 heteroatoms. The quantitative estimate of drug-likeness (QED) is 0.657. The Morgan fingerprint density at radius 2 is 2.21 bits per heavy atom. The lowest BCUT2D eigenvalue weighted by molar-refractivity contribution is 0.628. The van der Waals surface area contributed by atoms with Gasteiger partial charge < -0.3 is 4.57 Å². The van der Waals surface area contributed by atoms with Crippen LogP contribution in [0.2, 0.25) is 0 Å². The molecule has 0 bridgehead atoms. The molecule has 2 nitrogen and oxygen atoms in total. The Balaban J connectivity index is 2.15. The first-order valence-corrected chi connectivity index (χ1v) is 7.39. The summed E-state index contributed by atoms with van der Waals surface area (Å²) in [6.45, 7) is 2.75. The van der Waals surface area contributed by atoms with Gasteiger partial charge in [-0.3, -0.25) is 0 Å². The van der Waals surface area contributed by atoms with E-state index >= 15 is 0 Å². The highest BCUT2D eigenvalue weighted by atomic mass is 35.5. The van der Waals surface area contributed by atoms with Gasteiger partial charge in [0.25, 0.3) is 0 Å². The zero-order valence-corrected chi connectivity index (χ0v) is 11.9. The van der Waals surface area contributed by atoms with E-state index in [1.54, 1.807) is 17.4 Å². The Hall–Kier alpha value is -1.39. The SMILES string of the molecule is Cc1cscc1Cn1c(CCl)nc2ccc(F)cc21. The van der Waals surface area contributed by atoms with E-state index in [0.717, 1.165) is 16.9 Å². The van der Waals surface area contributed by atoms with Gasteiger partial charge in [0.2, 0.25) is 0 Å². The van der Waals surface area contributed by atoms with Crippen LogP contribution in [0.1, 0.15) is 17.0 Å². The first-order valence-electron chi connectivity index (χ1n) is 5.91. The van der Waals surface area contributed by atoms with Crippen molar-refractivity contribution in [2.45, 2.75) is 19.3 Å². The minimum absolute atomic E-state index is 0.253. The molecule has 0 saturated carbocycles. The number of imidazole rings is 1. The van der Waals surface area contributed by atoms with Crippen molar-refractivity contribution in [1.82, 2.24) is 9.55 Å². The van der Waals surface area contributed by atoms with Crippen LogP contribution in [-0.4, -0.2) is 9.55 Å². The highest BCUT2D eigenvalue weighted by molar-refractivity contribution is 7.08. The van der Waals surface area contributed by atoms with Crippen molar-refractivity contribution < 1.29 is 4.39 Å². The minimum atomic E-state index is -0.253. The lowest BCUT2D eigenvalue weighted by atomic mass is 10.2. The highest BCUT2D eigenvalue weighted by Crippen LogP contribution is 2.22. The van der Waals surface area contributed by atoms with Gasteiger partial charge in [-0.2, -0.15) is 11.3 Å². The van der Waals surface area contributed by atoms with Crippen LogP contribution in [0.15, 0.2) is 29.0 Å². The lowest BCUT2D eigenvalue weighted by Crippen LogP contribution is -2.04. The summed E-state index contributed by atoms with van der Waals surface area (Å²) in [4.78, 5) is 4.45. The fourth-order valence-electron chi connectivity index (χ4n) is 2.14. The number of aryl methyl sites for hydroxylation is 1. The number of aromatic nitrogens is 2. The van der Waals surface area contributed by atoms with Crippen LogP contribution in [0.4, 0.5) is 4.39 Å². The second kappa shape index (κ2) is 4.94. The van der Waals surface area contributed by atoms with E-state index < -0.39 is 0 Å². The van der Waals surface area contributed by atoms with E-state index in [9.17, 15) is 4.39 Å². The lowest BCUT2D eigenvalue weighted by Gasteiger charge is -2.07. The number of benzene rings is 1. The van der Waals surface area contributed by atoms with Gasteiger partial charge in [0, 0.05) is 0 Å². The summed E-state index contributed by atoms with van der Waals surface area (Å²) in [5.41, 5.74) is 4.04. The number of nitrogens with zero attached hydrogens (tertiary/aromatic N) is 2. The summed E-state index contributed by atoms with van der Waals surface area (Å²) < 4.78 is 15.4. The minimum Gasteiger partial charge on any atom is -0.322 e. The maximum Gasteiger partial charge on any atom is 0.125 e. The molecule has 2 heterocycles. The van der Waals surface area contributed by atoms with Crippen molar-refractivity contribution in [3.8, 4) is 0 Å². The fraction of sp³-hybridized carbons (Fsp3) is 0.214. The summed E-state index contributed by atoms with van der Waals surface area (Å²) in [7, 11) is 0. The average Bonchev–Trinajstić information content (AvgIpc) is 2.95. The van der Waals surface area contributed by atoms with Crippen LogP contribution < -0.4 is 0 Å². The summed E-state index contributed by atoms with van der Waals surface area (Å²) >= 11 is 7.62. The molecule has 3 aromatic rings. The molecule has 0 amide bonds. The molecule has 0 radical (unpaired) electrons. The molecule has 0 fully saturated rings. The first-order chi connectivity index (χ1) is 9.19. The van der Waals surface area contributed by atoms with E-state index in [-0.39, 0.29) is 5.82 Å². The van der Waals surface area contributed by atoms with Crippen molar-refractivity contribution in [2.75, 3.05) is 0 Å². The van der Waals surface area contributed by atoms with Crippen molar-refractivity contribution >= 4 is 34.0 Å². The number of thiophene rings is 1. The van der Waals surface area contributed by atoms with Crippen LogP contribution in [0.5, 0.6) is 0 Å². The first kappa shape index (κ1) is 12.6. The molecule has 0 aliphatic carbocycles. The molecular formula is C14H12ClFN2S. The average molecular weight is 295 g/mol. The molecule has 98 valence electrons. The number of hydrogen-bond donors (Lipinski definition) is 0. The smallest absolute Gasteiger partial charge is 0.125 e. The van der Waals surface area contributed by atoms with Crippen molar-refractivity contribution in [1.29, 1.82) is 0 Å². The van der Waals surface area contributed by atoms with E-state index in [0.29, 0.717) is 12.4 Å². The van der Waals surface area contributed by atoms with Crippen molar-refractivity contribution in [3.63, 3.8) is 0 Å². The predicted molar refractivity (Wildman–Crippen MR) is 77.4 cm³/mol. The zero-order chi connectivity index (χ0) is 13.4. The Morgan fingerprint density at radius 3 is 2.89 bits per heavy atom. The summed E-state index contributed by atoms with van der Waals surface area (Å²) in [5.74, 6) is 0.837. The number of alkyl halides is 1. The monoisotopic (exact) mass is 294 g/mol. The van der Waals surface area contributed by atoms with E-state index in [2.05, 4.69) is 22.7 Å². The molecule has 0 N–H and O–H groups in total. The molecule has 0 aliphatic heterocycles. The second-order valence-corrected chi connectivity index (χ2v) is 5.47.